The van der Waals surface area contributed by atoms with Gasteiger partial charge in [0.05, 0.1) is 0 Å². The molecule has 0 N–H and O–H groups in total. The summed E-state index contributed by atoms with van der Waals surface area (Å²) in [6.45, 7) is 10.2. The van der Waals surface area contributed by atoms with Crippen molar-refractivity contribution in [3.05, 3.63) is 0 Å². The molecule has 0 aromatic heterocycles. The van der Waals surface area contributed by atoms with Gasteiger partial charge in [0.2, 0.25) is 5.91 Å². The van der Waals surface area contributed by atoms with E-state index in [2.05, 4.69) is 32.6 Å². The van der Waals surface area contributed by atoms with Gasteiger partial charge in [-0.2, -0.15) is 0 Å². The third-order valence-electron chi connectivity index (χ3n) is 4.71. The number of amides is 1. The topological polar surface area (TPSA) is 20.3 Å². The number of hydrogen-bond acceptors (Lipinski definition) is 1. The van der Waals surface area contributed by atoms with Crippen molar-refractivity contribution in [3.63, 3.8) is 0 Å². The average molecular weight is 237 g/mol. The Balaban J connectivity index is 1.97. The molecule has 2 rings (SSSR count). The van der Waals surface area contributed by atoms with E-state index in [0.717, 1.165) is 19.4 Å². The molecule has 1 aliphatic carbocycles. The van der Waals surface area contributed by atoms with Crippen LogP contribution in [0.2, 0.25) is 0 Å². The second-order valence-electron chi connectivity index (χ2n) is 7.17. The van der Waals surface area contributed by atoms with Crippen LogP contribution in [0.25, 0.3) is 0 Å². The van der Waals surface area contributed by atoms with Crippen LogP contribution in [0.5, 0.6) is 0 Å². The first-order valence-electron chi connectivity index (χ1n) is 7.17. The summed E-state index contributed by atoms with van der Waals surface area (Å²) in [4.78, 5) is 14.5. The van der Waals surface area contributed by atoms with E-state index in [4.69, 9.17) is 0 Å². The highest BCUT2D eigenvalue weighted by Gasteiger charge is 2.56. The minimum absolute atomic E-state index is 0.327. The largest absolute Gasteiger partial charge is 0.339 e. The van der Waals surface area contributed by atoms with Crippen molar-refractivity contribution in [1.29, 1.82) is 0 Å². The molecule has 17 heavy (non-hydrogen) atoms. The van der Waals surface area contributed by atoms with E-state index >= 15 is 0 Å². The highest BCUT2D eigenvalue weighted by Crippen LogP contribution is 2.56. The molecule has 0 aromatic rings. The lowest BCUT2D eigenvalue weighted by Gasteiger charge is -2.41. The number of piperidine rings is 1. The van der Waals surface area contributed by atoms with Gasteiger partial charge in [-0.05, 0) is 30.1 Å². The second kappa shape index (κ2) is 4.29. The molecule has 1 aliphatic heterocycles. The van der Waals surface area contributed by atoms with Crippen molar-refractivity contribution in [1.82, 2.24) is 4.90 Å². The van der Waals surface area contributed by atoms with Gasteiger partial charge < -0.3 is 4.90 Å². The summed E-state index contributed by atoms with van der Waals surface area (Å²) >= 11 is 0. The zero-order chi connectivity index (χ0) is 12.7. The first-order valence-corrected chi connectivity index (χ1v) is 7.17. The van der Waals surface area contributed by atoms with Gasteiger partial charge in [0.1, 0.15) is 0 Å². The number of unbranched alkanes of at least 4 members (excludes halogenated alkanes) is 2. The van der Waals surface area contributed by atoms with Crippen molar-refractivity contribution in [2.45, 2.75) is 72.3 Å². The smallest absolute Gasteiger partial charge is 0.222 e. The van der Waals surface area contributed by atoms with Crippen LogP contribution < -0.4 is 0 Å². The number of likely N-dealkylation sites (tertiary alicyclic amines) is 1. The molecular weight excluding hydrogens is 210 g/mol. The summed E-state index contributed by atoms with van der Waals surface area (Å²) in [5, 5.41) is 0. The van der Waals surface area contributed by atoms with Gasteiger partial charge >= 0.3 is 0 Å². The van der Waals surface area contributed by atoms with Crippen LogP contribution in [0.4, 0.5) is 0 Å². The van der Waals surface area contributed by atoms with Crippen LogP contribution in [0.15, 0.2) is 0 Å². The molecule has 2 nitrogen and oxygen atoms in total. The quantitative estimate of drug-likeness (QED) is 0.684. The summed E-state index contributed by atoms with van der Waals surface area (Å²) in [6, 6.07) is 0.502. The normalized spacial score (nSPS) is 34.4. The predicted molar refractivity (Wildman–Crippen MR) is 70.8 cm³/mol. The number of nitrogens with zero attached hydrogens (tertiary/aromatic N) is 1. The molecule has 2 fully saturated rings. The fourth-order valence-electron chi connectivity index (χ4n) is 4.14. The molecule has 0 radical (unpaired) electrons. The zero-order valence-electron chi connectivity index (χ0n) is 11.9. The highest BCUT2D eigenvalue weighted by molar-refractivity contribution is 5.77. The summed E-state index contributed by atoms with van der Waals surface area (Å²) in [5.74, 6) is 0.403. The fourth-order valence-corrected chi connectivity index (χ4v) is 4.14. The van der Waals surface area contributed by atoms with Crippen molar-refractivity contribution in [3.8, 4) is 0 Å². The first-order chi connectivity index (χ1) is 7.88. The zero-order valence-corrected chi connectivity index (χ0v) is 11.9. The van der Waals surface area contributed by atoms with E-state index in [0.29, 0.717) is 22.8 Å². The standard InChI is InChI=1S/C15H27NO/c1-5-6-7-8-13(17)16-11-15(4)9-12(16)14(2,3)10-15/h12H,5-11H2,1-4H3/t12-,15-/m0/s1. The predicted octanol–water partition coefficient (Wildman–Crippen LogP) is 3.60. The molecule has 98 valence electrons. The van der Waals surface area contributed by atoms with Crippen LogP contribution >= 0.6 is 0 Å². The van der Waals surface area contributed by atoms with Crippen LogP contribution in [0.1, 0.15) is 66.2 Å². The van der Waals surface area contributed by atoms with E-state index in [-0.39, 0.29) is 0 Å². The molecule has 1 amide bonds. The SMILES string of the molecule is CCCCCC(=O)N1C[C@@]2(C)C[C@H]1C(C)(C)C2. The van der Waals surface area contributed by atoms with E-state index in [9.17, 15) is 4.79 Å². The van der Waals surface area contributed by atoms with Gasteiger partial charge in [-0.3, -0.25) is 4.79 Å². The lowest BCUT2D eigenvalue weighted by atomic mass is 9.79. The molecular formula is C15H27NO. The number of fused-ring (bicyclic) bond motifs is 2. The van der Waals surface area contributed by atoms with E-state index in [1.807, 2.05) is 0 Å². The number of rotatable bonds is 4. The Morgan fingerprint density at radius 2 is 2.00 bits per heavy atom. The fraction of sp³-hybridized carbons (Fsp3) is 0.933. The summed E-state index contributed by atoms with van der Waals surface area (Å²) in [6.07, 6.45) is 6.71. The number of hydrogen-bond donors (Lipinski definition) is 0. The maximum Gasteiger partial charge on any atom is 0.222 e. The molecule has 2 atom stereocenters. The van der Waals surface area contributed by atoms with Gasteiger partial charge in [0.25, 0.3) is 0 Å². The Morgan fingerprint density at radius 3 is 2.53 bits per heavy atom. The third-order valence-corrected chi connectivity index (χ3v) is 4.71. The van der Waals surface area contributed by atoms with Crippen molar-refractivity contribution < 1.29 is 4.79 Å². The van der Waals surface area contributed by atoms with Crippen molar-refractivity contribution in [2.24, 2.45) is 10.8 Å². The van der Waals surface area contributed by atoms with Gasteiger partial charge in [-0.1, -0.05) is 40.5 Å². The minimum atomic E-state index is 0.327. The molecule has 1 saturated carbocycles. The van der Waals surface area contributed by atoms with Crippen molar-refractivity contribution in [2.75, 3.05) is 6.54 Å². The number of carbonyl (C=O) groups excluding carboxylic acids is 1. The van der Waals surface area contributed by atoms with Gasteiger partial charge in [0.15, 0.2) is 0 Å². The summed E-state index contributed by atoms with van der Waals surface area (Å²) < 4.78 is 0. The van der Waals surface area contributed by atoms with E-state index in [1.54, 1.807) is 0 Å². The molecule has 2 bridgehead atoms. The lowest BCUT2D eigenvalue weighted by Crippen LogP contribution is -2.47. The minimum Gasteiger partial charge on any atom is -0.339 e. The first kappa shape index (κ1) is 12.9. The van der Waals surface area contributed by atoms with E-state index < -0.39 is 0 Å². The van der Waals surface area contributed by atoms with Gasteiger partial charge in [-0.15, -0.1) is 0 Å². The van der Waals surface area contributed by atoms with Gasteiger partial charge in [-0.25, -0.2) is 0 Å². The highest BCUT2D eigenvalue weighted by atomic mass is 16.2. The second-order valence-corrected chi connectivity index (χ2v) is 7.17. The molecule has 0 aromatic carbocycles. The summed E-state index contributed by atoms with van der Waals surface area (Å²) in [7, 11) is 0. The van der Waals surface area contributed by atoms with Crippen LogP contribution in [-0.4, -0.2) is 23.4 Å². The van der Waals surface area contributed by atoms with Gasteiger partial charge in [0, 0.05) is 19.0 Å². The lowest BCUT2D eigenvalue weighted by molar-refractivity contribution is -0.136. The third kappa shape index (κ3) is 2.36. The van der Waals surface area contributed by atoms with Crippen molar-refractivity contribution >= 4 is 5.91 Å². The molecule has 0 unspecified atom stereocenters. The summed E-state index contributed by atoms with van der Waals surface area (Å²) in [5.41, 5.74) is 0.724. The monoisotopic (exact) mass is 237 g/mol. The molecule has 2 aliphatic rings. The molecule has 0 spiro atoms. The molecule has 1 heterocycles. The molecule has 1 saturated heterocycles. The molecule has 2 heteroatoms. The maximum atomic E-state index is 12.3. The number of carbonyl (C=O) groups is 1. The Labute approximate surface area is 106 Å². The van der Waals surface area contributed by atoms with Crippen LogP contribution in [-0.2, 0) is 4.79 Å². The Hall–Kier alpha value is -0.530. The van der Waals surface area contributed by atoms with Crippen LogP contribution in [0.3, 0.4) is 0 Å². The Morgan fingerprint density at radius 1 is 1.29 bits per heavy atom. The average Bonchev–Trinajstić information content (AvgIpc) is 2.66. The van der Waals surface area contributed by atoms with E-state index in [1.165, 1.54) is 25.7 Å². The maximum absolute atomic E-state index is 12.3. The Kier molecular flexibility index (Phi) is 3.26. The van der Waals surface area contributed by atoms with Crippen LogP contribution in [0, 0.1) is 10.8 Å². The Bertz CT molecular complexity index is 307.